The number of hydrogen-bond donors (Lipinski definition) is 0. The van der Waals surface area contributed by atoms with Crippen molar-refractivity contribution in [3.63, 3.8) is 0 Å². The Labute approximate surface area is 97.3 Å². The summed E-state index contributed by atoms with van der Waals surface area (Å²) in [5.74, 6) is 0.743. The van der Waals surface area contributed by atoms with Crippen LogP contribution in [0.25, 0.3) is 0 Å². The molecule has 0 N–H and O–H groups in total. The minimum atomic E-state index is 0.191. The summed E-state index contributed by atoms with van der Waals surface area (Å²) in [4.78, 5) is 14.3. The van der Waals surface area contributed by atoms with Crippen LogP contribution in [0.2, 0.25) is 0 Å². The molecular weight excluding hydrogens is 198 g/mol. The van der Waals surface area contributed by atoms with E-state index in [0.717, 1.165) is 24.9 Å². The number of carbonyl (C=O) groups excluding carboxylic acids is 1. The predicted octanol–water partition coefficient (Wildman–Crippen LogP) is 2.95. The second-order valence-corrected chi connectivity index (χ2v) is 4.82. The van der Waals surface area contributed by atoms with Crippen LogP contribution in [-0.2, 0) is 0 Å². The number of benzene rings is 1. The van der Waals surface area contributed by atoms with Gasteiger partial charge < -0.3 is 4.90 Å². The molecule has 0 bridgehead atoms. The Kier molecular flexibility index (Phi) is 3.28. The Balaban J connectivity index is 2.16. The van der Waals surface area contributed by atoms with E-state index in [4.69, 9.17) is 0 Å². The first kappa shape index (κ1) is 11.2. The van der Waals surface area contributed by atoms with Crippen LogP contribution in [0.5, 0.6) is 0 Å². The minimum absolute atomic E-state index is 0.191. The lowest BCUT2D eigenvalue weighted by molar-refractivity contribution is 0.0701. The summed E-state index contributed by atoms with van der Waals surface area (Å²) in [5, 5.41) is 0. The van der Waals surface area contributed by atoms with Crippen LogP contribution < -0.4 is 0 Å². The molecule has 1 aliphatic heterocycles. The molecule has 2 nitrogen and oxygen atoms in total. The first-order chi connectivity index (χ1) is 7.70. The van der Waals surface area contributed by atoms with Gasteiger partial charge in [0.2, 0.25) is 0 Å². The smallest absolute Gasteiger partial charge is 0.254 e. The average Bonchev–Trinajstić information content (AvgIpc) is 2.78. The van der Waals surface area contributed by atoms with Crippen molar-refractivity contribution >= 4 is 5.91 Å². The van der Waals surface area contributed by atoms with Gasteiger partial charge in [0.05, 0.1) is 0 Å². The van der Waals surface area contributed by atoms with Crippen molar-refractivity contribution in [3.8, 4) is 0 Å². The largest absolute Gasteiger partial charge is 0.335 e. The average molecular weight is 217 g/mol. The van der Waals surface area contributed by atoms with Crippen LogP contribution in [0.15, 0.2) is 30.3 Å². The lowest BCUT2D eigenvalue weighted by Crippen LogP contribution is -2.38. The van der Waals surface area contributed by atoms with E-state index in [1.54, 1.807) is 0 Å². The van der Waals surface area contributed by atoms with Crippen LogP contribution in [-0.4, -0.2) is 23.4 Å². The fraction of sp³-hybridized carbons (Fsp3) is 0.500. The van der Waals surface area contributed by atoms with E-state index in [2.05, 4.69) is 13.8 Å². The Morgan fingerprint density at radius 2 is 2.00 bits per heavy atom. The molecule has 1 fully saturated rings. The van der Waals surface area contributed by atoms with Crippen molar-refractivity contribution in [1.29, 1.82) is 0 Å². The van der Waals surface area contributed by atoms with E-state index in [0.29, 0.717) is 12.0 Å². The van der Waals surface area contributed by atoms with Gasteiger partial charge in [0, 0.05) is 18.2 Å². The van der Waals surface area contributed by atoms with E-state index < -0.39 is 0 Å². The summed E-state index contributed by atoms with van der Waals surface area (Å²) in [7, 11) is 0. The van der Waals surface area contributed by atoms with E-state index in [1.165, 1.54) is 0 Å². The molecule has 2 heteroatoms. The molecule has 1 heterocycles. The van der Waals surface area contributed by atoms with E-state index >= 15 is 0 Å². The van der Waals surface area contributed by atoms with Gasteiger partial charge >= 0.3 is 0 Å². The van der Waals surface area contributed by atoms with Gasteiger partial charge in [-0.15, -0.1) is 0 Å². The van der Waals surface area contributed by atoms with Gasteiger partial charge in [0.15, 0.2) is 0 Å². The van der Waals surface area contributed by atoms with Gasteiger partial charge in [-0.25, -0.2) is 0 Å². The maximum Gasteiger partial charge on any atom is 0.254 e. The van der Waals surface area contributed by atoms with Crippen molar-refractivity contribution in [1.82, 2.24) is 4.90 Å². The number of likely N-dealkylation sites (tertiary alicyclic amines) is 1. The second kappa shape index (κ2) is 4.69. The fourth-order valence-corrected chi connectivity index (χ4v) is 2.48. The van der Waals surface area contributed by atoms with Crippen LogP contribution in [0.1, 0.15) is 37.0 Å². The maximum absolute atomic E-state index is 12.3. The molecule has 0 radical (unpaired) electrons. The Bertz CT molecular complexity index is 358. The zero-order valence-electron chi connectivity index (χ0n) is 10.0. The molecule has 1 unspecified atom stereocenters. The molecule has 0 saturated carbocycles. The van der Waals surface area contributed by atoms with Crippen LogP contribution in [0.4, 0.5) is 0 Å². The summed E-state index contributed by atoms with van der Waals surface area (Å²) in [6.45, 7) is 5.30. The molecule has 1 aromatic rings. The van der Waals surface area contributed by atoms with Gasteiger partial charge in [-0.05, 0) is 30.9 Å². The van der Waals surface area contributed by atoms with Gasteiger partial charge in [-0.2, -0.15) is 0 Å². The summed E-state index contributed by atoms with van der Waals surface area (Å²) in [6, 6.07) is 10.0. The number of amides is 1. The second-order valence-electron chi connectivity index (χ2n) is 4.82. The van der Waals surface area contributed by atoms with Crippen molar-refractivity contribution in [2.75, 3.05) is 6.54 Å². The molecule has 16 heavy (non-hydrogen) atoms. The number of hydrogen-bond acceptors (Lipinski definition) is 1. The van der Waals surface area contributed by atoms with Crippen molar-refractivity contribution in [3.05, 3.63) is 35.9 Å². The minimum Gasteiger partial charge on any atom is -0.335 e. The first-order valence-electron chi connectivity index (χ1n) is 6.06. The maximum atomic E-state index is 12.3. The molecule has 1 aliphatic rings. The summed E-state index contributed by atoms with van der Waals surface area (Å²) in [6.07, 6.45) is 2.29. The van der Waals surface area contributed by atoms with Gasteiger partial charge in [-0.3, -0.25) is 4.79 Å². The fourth-order valence-electron chi connectivity index (χ4n) is 2.48. The third-order valence-electron chi connectivity index (χ3n) is 3.35. The molecule has 2 rings (SSSR count). The quantitative estimate of drug-likeness (QED) is 0.746. The van der Waals surface area contributed by atoms with Crippen LogP contribution in [0, 0.1) is 5.92 Å². The topological polar surface area (TPSA) is 20.3 Å². The summed E-state index contributed by atoms with van der Waals surface area (Å²) < 4.78 is 0. The molecule has 1 amide bonds. The van der Waals surface area contributed by atoms with E-state index in [1.807, 2.05) is 35.2 Å². The molecule has 86 valence electrons. The van der Waals surface area contributed by atoms with Crippen molar-refractivity contribution in [2.45, 2.75) is 32.7 Å². The SMILES string of the molecule is CC(C)C1CCCN1C(=O)c1ccccc1. The highest BCUT2D eigenvalue weighted by Crippen LogP contribution is 2.25. The van der Waals surface area contributed by atoms with Gasteiger partial charge in [-0.1, -0.05) is 32.0 Å². The molecule has 0 spiro atoms. The highest BCUT2D eigenvalue weighted by Gasteiger charge is 2.30. The third-order valence-corrected chi connectivity index (χ3v) is 3.35. The van der Waals surface area contributed by atoms with Gasteiger partial charge in [0.1, 0.15) is 0 Å². The lowest BCUT2D eigenvalue weighted by Gasteiger charge is -2.27. The molecule has 1 saturated heterocycles. The predicted molar refractivity (Wildman–Crippen MR) is 65.3 cm³/mol. The Morgan fingerprint density at radius 3 is 2.62 bits per heavy atom. The number of nitrogens with zero attached hydrogens (tertiary/aromatic N) is 1. The summed E-state index contributed by atoms with van der Waals surface area (Å²) in [5.41, 5.74) is 0.815. The molecule has 0 aromatic heterocycles. The van der Waals surface area contributed by atoms with E-state index in [9.17, 15) is 4.79 Å². The Hall–Kier alpha value is -1.31. The molecular formula is C14H19NO. The first-order valence-corrected chi connectivity index (χ1v) is 6.06. The van der Waals surface area contributed by atoms with Crippen LogP contribution in [0.3, 0.4) is 0 Å². The Morgan fingerprint density at radius 1 is 1.31 bits per heavy atom. The standard InChI is InChI=1S/C14H19NO/c1-11(2)13-9-6-10-15(13)14(16)12-7-4-3-5-8-12/h3-5,7-8,11,13H,6,9-10H2,1-2H3. The normalized spacial score (nSPS) is 20.4. The molecule has 0 aliphatic carbocycles. The third kappa shape index (κ3) is 2.11. The molecule has 1 atom stereocenters. The monoisotopic (exact) mass is 217 g/mol. The van der Waals surface area contributed by atoms with Gasteiger partial charge in [0.25, 0.3) is 5.91 Å². The van der Waals surface area contributed by atoms with Crippen LogP contribution >= 0.6 is 0 Å². The zero-order chi connectivity index (χ0) is 11.5. The molecule has 1 aromatic carbocycles. The highest BCUT2D eigenvalue weighted by molar-refractivity contribution is 5.94. The highest BCUT2D eigenvalue weighted by atomic mass is 16.2. The lowest BCUT2D eigenvalue weighted by atomic mass is 10.0. The zero-order valence-corrected chi connectivity index (χ0v) is 10.0. The van der Waals surface area contributed by atoms with E-state index in [-0.39, 0.29) is 5.91 Å². The van der Waals surface area contributed by atoms with Crippen molar-refractivity contribution < 1.29 is 4.79 Å². The van der Waals surface area contributed by atoms with Crippen molar-refractivity contribution in [2.24, 2.45) is 5.92 Å². The number of rotatable bonds is 2. The summed E-state index contributed by atoms with van der Waals surface area (Å²) >= 11 is 0. The number of carbonyl (C=O) groups is 1.